The fourth-order valence-electron chi connectivity index (χ4n) is 1.31. The smallest absolute Gasteiger partial charge is 0.238 e. The number of hydrogen-bond donors (Lipinski definition) is 1. The highest BCUT2D eigenvalue weighted by Crippen LogP contribution is 2.24. The molecule has 4 heteroatoms. The number of amides is 1. The predicted molar refractivity (Wildman–Crippen MR) is 60.7 cm³/mol. The molecule has 0 aliphatic rings. The van der Waals surface area contributed by atoms with Gasteiger partial charge in [0.2, 0.25) is 5.91 Å². The number of rotatable bonds is 2. The Morgan fingerprint density at radius 3 is 3.13 bits per heavy atom. The number of hydrogen-bond acceptors (Lipinski definition) is 3. The summed E-state index contributed by atoms with van der Waals surface area (Å²) < 4.78 is 1.13. The van der Waals surface area contributed by atoms with Crippen LogP contribution in [0.3, 0.4) is 0 Å². The van der Waals surface area contributed by atoms with Gasteiger partial charge < -0.3 is 5.32 Å². The van der Waals surface area contributed by atoms with Crippen molar-refractivity contribution in [2.75, 3.05) is 5.32 Å². The number of anilines is 1. The van der Waals surface area contributed by atoms with E-state index in [4.69, 9.17) is 5.26 Å². The maximum atomic E-state index is 11.2. The molecule has 1 heterocycles. The van der Waals surface area contributed by atoms with E-state index in [1.54, 1.807) is 11.3 Å². The molecule has 0 spiro atoms. The van der Waals surface area contributed by atoms with E-state index in [0.717, 1.165) is 10.4 Å². The molecule has 2 aromatic rings. The van der Waals surface area contributed by atoms with Crippen LogP contribution < -0.4 is 5.32 Å². The summed E-state index contributed by atoms with van der Waals surface area (Å²) in [6.07, 6.45) is -0.109. The van der Waals surface area contributed by atoms with Crippen LogP contribution in [0.5, 0.6) is 0 Å². The van der Waals surface area contributed by atoms with Crippen LogP contribution in [0.1, 0.15) is 6.42 Å². The van der Waals surface area contributed by atoms with Gasteiger partial charge in [0.25, 0.3) is 0 Å². The second-order valence-electron chi connectivity index (χ2n) is 3.06. The third-order valence-corrected chi connectivity index (χ3v) is 2.86. The zero-order valence-corrected chi connectivity index (χ0v) is 8.67. The number of nitrogens with one attached hydrogen (secondary N) is 1. The molecule has 3 nitrogen and oxygen atoms in total. The van der Waals surface area contributed by atoms with Crippen LogP contribution in [0.4, 0.5) is 5.69 Å². The molecule has 0 radical (unpaired) electrons. The van der Waals surface area contributed by atoms with E-state index in [1.165, 1.54) is 5.39 Å². The summed E-state index contributed by atoms with van der Waals surface area (Å²) in [4.78, 5) is 11.2. The van der Waals surface area contributed by atoms with Gasteiger partial charge in [-0.05, 0) is 29.0 Å². The van der Waals surface area contributed by atoms with Crippen LogP contribution >= 0.6 is 11.3 Å². The van der Waals surface area contributed by atoms with Gasteiger partial charge in [0.05, 0.1) is 6.07 Å². The van der Waals surface area contributed by atoms with Gasteiger partial charge >= 0.3 is 0 Å². The van der Waals surface area contributed by atoms with E-state index in [9.17, 15) is 4.79 Å². The first-order valence-corrected chi connectivity index (χ1v) is 5.31. The molecule has 15 heavy (non-hydrogen) atoms. The molecular weight excluding hydrogens is 208 g/mol. The molecule has 2 rings (SSSR count). The van der Waals surface area contributed by atoms with Crippen molar-refractivity contribution in [2.24, 2.45) is 0 Å². The topological polar surface area (TPSA) is 52.9 Å². The lowest BCUT2D eigenvalue weighted by Gasteiger charge is -2.01. The van der Waals surface area contributed by atoms with Gasteiger partial charge in [-0.1, -0.05) is 6.07 Å². The molecule has 0 fully saturated rings. The zero-order chi connectivity index (χ0) is 10.7. The van der Waals surface area contributed by atoms with E-state index in [0.29, 0.717) is 0 Å². The minimum absolute atomic E-state index is 0.109. The van der Waals surface area contributed by atoms with Crippen LogP contribution in [0.2, 0.25) is 0 Å². The van der Waals surface area contributed by atoms with E-state index < -0.39 is 0 Å². The average Bonchev–Trinajstić information content (AvgIpc) is 2.65. The van der Waals surface area contributed by atoms with Crippen molar-refractivity contribution in [2.45, 2.75) is 6.42 Å². The summed E-state index contributed by atoms with van der Waals surface area (Å²) in [7, 11) is 0. The Balaban J connectivity index is 2.22. The first-order chi connectivity index (χ1) is 7.29. The summed E-state index contributed by atoms with van der Waals surface area (Å²) >= 11 is 1.63. The second kappa shape index (κ2) is 4.11. The molecule has 1 aromatic heterocycles. The Morgan fingerprint density at radius 2 is 2.33 bits per heavy atom. The van der Waals surface area contributed by atoms with Crippen molar-refractivity contribution in [1.29, 1.82) is 5.26 Å². The Labute approximate surface area is 91.0 Å². The lowest BCUT2D eigenvalue weighted by molar-refractivity contribution is -0.115. The van der Waals surface area contributed by atoms with Gasteiger partial charge in [0, 0.05) is 10.4 Å². The number of nitrogens with zero attached hydrogens (tertiary/aromatic N) is 1. The van der Waals surface area contributed by atoms with Crippen LogP contribution in [0.15, 0.2) is 29.6 Å². The minimum atomic E-state index is -0.270. The number of carbonyl (C=O) groups is 1. The minimum Gasteiger partial charge on any atom is -0.325 e. The van der Waals surface area contributed by atoms with Crippen molar-refractivity contribution < 1.29 is 4.79 Å². The SMILES string of the molecule is N#CCC(=O)Nc1ccc2ccsc2c1. The van der Waals surface area contributed by atoms with Crippen molar-refractivity contribution in [1.82, 2.24) is 0 Å². The maximum Gasteiger partial charge on any atom is 0.238 e. The number of carbonyl (C=O) groups excluding carboxylic acids is 1. The Hall–Kier alpha value is -1.86. The summed E-state index contributed by atoms with van der Waals surface area (Å²) in [5.74, 6) is -0.270. The van der Waals surface area contributed by atoms with Crippen LogP contribution in [-0.2, 0) is 4.79 Å². The molecule has 0 atom stereocenters. The third kappa shape index (κ3) is 2.14. The van der Waals surface area contributed by atoms with Crippen molar-refractivity contribution in [3.05, 3.63) is 29.6 Å². The van der Waals surface area contributed by atoms with Crippen molar-refractivity contribution >= 4 is 33.0 Å². The largest absolute Gasteiger partial charge is 0.325 e. The number of benzene rings is 1. The molecule has 0 bridgehead atoms. The number of nitriles is 1. The first kappa shape index (κ1) is 9.69. The standard InChI is InChI=1S/C11H8N2OS/c12-5-3-11(14)13-9-2-1-8-4-6-15-10(8)7-9/h1-2,4,6-7H,3H2,(H,13,14). The Bertz CT molecular complexity index is 539. The van der Waals surface area contributed by atoms with Crippen LogP contribution in [0, 0.1) is 11.3 Å². The Morgan fingerprint density at radius 1 is 1.47 bits per heavy atom. The van der Waals surface area contributed by atoms with Gasteiger partial charge in [-0.2, -0.15) is 5.26 Å². The normalized spacial score (nSPS) is 9.80. The van der Waals surface area contributed by atoms with E-state index in [2.05, 4.69) is 5.32 Å². The van der Waals surface area contributed by atoms with Gasteiger partial charge in [0.1, 0.15) is 6.42 Å². The lowest BCUT2D eigenvalue weighted by atomic mass is 10.2. The highest BCUT2D eigenvalue weighted by molar-refractivity contribution is 7.17. The molecule has 0 saturated heterocycles. The molecule has 74 valence electrons. The monoisotopic (exact) mass is 216 g/mol. The summed E-state index contributed by atoms with van der Waals surface area (Å²) in [6.45, 7) is 0. The van der Waals surface area contributed by atoms with Crippen molar-refractivity contribution in [3.8, 4) is 6.07 Å². The fourth-order valence-corrected chi connectivity index (χ4v) is 2.14. The van der Waals surface area contributed by atoms with Gasteiger partial charge in [-0.3, -0.25) is 4.79 Å². The van der Waals surface area contributed by atoms with Gasteiger partial charge in [0.15, 0.2) is 0 Å². The van der Waals surface area contributed by atoms with Crippen molar-refractivity contribution in [3.63, 3.8) is 0 Å². The highest BCUT2D eigenvalue weighted by atomic mass is 32.1. The first-order valence-electron chi connectivity index (χ1n) is 4.43. The quantitative estimate of drug-likeness (QED) is 0.839. The summed E-state index contributed by atoms with van der Waals surface area (Å²) in [5.41, 5.74) is 0.741. The van der Waals surface area contributed by atoms with E-state index >= 15 is 0 Å². The number of thiophene rings is 1. The maximum absolute atomic E-state index is 11.2. The predicted octanol–water partition coefficient (Wildman–Crippen LogP) is 2.75. The zero-order valence-electron chi connectivity index (χ0n) is 7.86. The number of fused-ring (bicyclic) bond motifs is 1. The molecule has 0 aliphatic heterocycles. The molecule has 0 saturated carbocycles. The van der Waals surface area contributed by atoms with Gasteiger partial charge in [-0.25, -0.2) is 0 Å². The van der Waals surface area contributed by atoms with Gasteiger partial charge in [-0.15, -0.1) is 11.3 Å². The molecule has 0 unspecified atom stereocenters. The average molecular weight is 216 g/mol. The highest BCUT2D eigenvalue weighted by Gasteiger charge is 2.02. The lowest BCUT2D eigenvalue weighted by Crippen LogP contribution is -2.09. The van der Waals surface area contributed by atoms with E-state index in [-0.39, 0.29) is 12.3 Å². The molecular formula is C11H8N2OS. The Kier molecular flexibility index (Phi) is 2.66. The van der Waals surface area contributed by atoms with Crippen LogP contribution in [-0.4, -0.2) is 5.91 Å². The molecule has 1 amide bonds. The molecule has 1 aromatic carbocycles. The molecule has 0 aliphatic carbocycles. The third-order valence-electron chi connectivity index (χ3n) is 1.98. The van der Waals surface area contributed by atoms with Crippen LogP contribution in [0.25, 0.3) is 10.1 Å². The van der Waals surface area contributed by atoms with E-state index in [1.807, 2.05) is 35.7 Å². The summed E-state index contributed by atoms with van der Waals surface area (Å²) in [6, 6.07) is 9.54. The molecule has 1 N–H and O–H groups in total. The second-order valence-corrected chi connectivity index (χ2v) is 4.00. The summed E-state index contributed by atoms with van der Waals surface area (Å²) in [5, 5.41) is 14.2. The fraction of sp³-hybridized carbons (Fsp3) is 0.0909.